The van der Waals surface area contributed by atoms with Crippen LogP contribution in [0.1, 0.15) is 42.1 Å². The summed E-state index contributed by atoms with van der Waals surface area (Å²) >= 11 is 0. The highest BCUT2D eigenvalue weighted by Gasteiger charge is 2.26. The number of H-pyrrole nitrogens is 1. The average molecular weight is 370 g/mol. The van der Waals surface area contributed by atoms with Gasteiger partial charge in [0.1, 0.15) is 0 Å². The third kappa shape index (κ3) is 4.33. The standard InChI is InChI=1S/C21H30N4O2/c1-4-18-14(3)17-9-13(2)8-16(20(17)24-18)10-23-21(27)15-6-5-7-25(11-15)12-19(22)26/h8-9,15,24H,4-7,10-12H2,1-3H3,(H2,22,26)(H,23,27)/t15-/m1/s1. The molecule has 0 spiro atoms. The summed E-state index contributed by atoms with van der Waals surface area (Å²) in [5.74, 6) is -0.375. The fraction of sp³-hybridized carbons (Fsp3) is 0.524. The summed E-state index contributed by atoms with van der Waals surface area (Å²) in [7, 11) is 0. The van der Waals surface area contributed by atoms with E-state index in [-0.39, 0.29) is 24.3 Å². The van der Waals surface area contributed by atoms with E-state index in [0.29, 0.717) is 13.1 Å². The second kappa shape index (κ2) is 8.13. The Kier molecular flexibility index (Phi) is 5.85. The molecule has 2 heterocycles. The van der Waals surface area contributed by atoms with E-state index in [0.717, 1.165) is 36.9 Å². The largest absolute Gasteiger partial charge is 0.369 e. The minimum absolute atomic E-state index is 0.0535. The quantitative estimate of drug-likeness (QED) is 0.728. The first-order valence-corrected chi connectivity index (χ1v) is 9.78. The number of nitrogens with two attached hydrogens (primary N) is 1. The van der Waals surface area contributed by atoms with E-state index < -0.39 is 0 Å². The smallest absolute Gasteiger partial charge is 0.231 e. The van der Waals surface area contributed by atoms with E-state index in [2.05, 4.69) is 43.2 Å². The number of hydrogen-bond donors (Lipinski definition) is 3. The van der Waals surface area contributed by atoms with Crippen molar-refractivity contribution in [1.82, 2.24) is 15.2 Å². The zero-order valence-corrected chi connectivity index (χ0v) is 16.5. The predicted molar refractivity (Wildman–Crippen MR) is 107 cm³/mol. The summed E-state index contributed by atoms with van der Waals surface area (Å²) in [4.78, 5) is 29.3. The molecule has 6 nitrogen and oxygen atoms in total. The lowest BCUT2D eigenvalue weighted by Gasteiger charge is -2.31. The van der Waals surface area contributed by atoms with Crippen LogP contribution in [0.3, 0.4) is 0 Å². The number of primary amides is 1. The van der Waals surface area contributed by atoms with Crippen LogP contribution in [-0.2, 0) is 22.6 Å². The van der Waals surface area contributed by atoms with E-state index in [1.54, 1.807) is 0 Å². The highest BCUT2D eigenvalue weighted by molar-refractivity contribution is 5.88. The topological polar surface area (TPSA) is 91.2 Å². The number of nitrogens with zero attached hydrogens (tertiary/aromatic N) is 1. The van der Waals surface area contributed by atoms with E-state index in [1.807, 2.05) is 4.90 Å². The fourth-order valence-corrected chi connectivity index (χ4v) is 4.17. The van der Waals surface area contributed by atoms with Gasteiger partial charge in [0.15, 0.2) is 0 Å². The van der Waals surface area contributed by atoms with Gasteiger partial charge < -0.3 is 16.0 Å². The van der Waals surface area contributed by atoms with Crippen LogP contribution in [0.15, 0.2) is 12.1 Å². The number of piperidine rings is 1. The molecule has 3 rings (SSSR count). The van der Waals surface area contributed by atoms with Gasteiger partial charge in [-0.15, -0.1) is 0 Å². The molecule has 1 aliphatic heterocycles. The Labute approximate surface area is 160 Å². The molecule has 0 bridgehead atoms. The van der Waals surface area contributed by atoms with Crippen LogP contribution in [0.2, 0.25) is 0 Å². The number of aromatic amines is 1. The molecule has 1 fully saturated rings. The summed E-state index contributed by atoms with van der Waals surface area (Å²) in [5, 5.41) is 4.34. The monoisotopic (exact) mass is 370 g/mol. The van der Waals surface area contributed by atoms with Crippen LogP contribution in [0, 0.1) is 19.8 Å². The second-order valence-electron chi connectivity index (χ2n) is 7.69. The molecule has 2 amide bonds. The lowest BCUT2D eigenvalue weighted by atomic mass is 9.97. The number of hydrogen-bond acceptors (Lipinski definition) is 3. The van der Waals surface area contributed by atoms with Crippen LogP contribution >= 0.6 is 0 Å². The summed E-state index contributed by atoms with van der Waals surface area (Å²) in [6, 6.07) is 4.34. The molecular formula is C21H30N4O2. The number of fused-ring (bicyclic) bond motifs is 1. The van der Waals surface area contributed by atoms with Crippen molar-refractivity contribution in [2.24, 2.45) is 11.7 Å². The number of aromatic nitrogens is 1. The summed E-state index contributed by atoms with van der Waals surface area (Å²) in [6.45, 7) is 8.54. The Morgan fingerprint density at radius 1 is 1.33 bits per heavy atom. The van der Waals surface area contributed by atoms with Crippen molar-refractivity contribution in [2.45, 2.75) is 46.6 Å². The molecule has 0 unspecified atom stereocenters. The lowest BCUT2D eigenvalue weighted by Crippen LogP contribution is -2.45. The number of likely N-dealkylation sites (tertiary alicyclic amines) is 1. The van der Waals surface area contributed by atoms with E-state index in [4.69, 9.17) is 5.73 Å². The normalized spacial score (nSPS) is 18.0. The maximum Gasteiger partial charge on any atom is 0.231 e. The maximum absolute atomic E-state index is 12.7. The van der Waals surface area contributed by atoms with Gasteiger partial charge in [0.25, 0.3) is 0 Å². The molecular weight excluding hydrogens is 340 g/mol. The molecule has 0 aliphatic carbocycles. The van der Waals surface area contributed by atoms with Crippen LogP contribution < -0.4 is 11.1 Å². The van der Waals surface area contributed by atoms with Gasteiger partial charge in [-0.2, -0.15) is 0 Å². The lowest BCUT2D eigenvalue weighted by molar-refractivity contribution is -0.128. The van der Waals surface area contributed by atoms with Gasteiger partial charge in [-0.25, -0.2) is 0 Å². The van der Waals surface area contributed by atoms with Crippen LogP contribution in [0.5, 0.6) is 0 Å². The minimum atomic E-state index is -0.341. The Morgan fingerprint density at radius 2 is 2.11 bits per heavy atom. The van der Waals surface area contributed by atoms with Crippen molar-refractivity contribution in [2.75, 3.05) is 19.6 Å². The predicted octanol–water partition coefficient (Wildman–Crippen LogP) is 2.16. The summed E-state index contributed by atoms with van der Waals surface area (Å²) in [6.07, 6.45) is 2.73. The fourth-order valence-electron chi connectivity index (χ4n) is 4.17. The molecule has 6 heteroatoms. The van der Waals surface area contributed by atoms with Crippen LogP contribution in [-0.4, -0.2) is 41.3 Å². The Balaban J connectivity index is 1.71. The van der Waals surface area contributed by atoms with Crippen molar-refractivity contribution in [1.29, 1.82) is 0 Å². The van der Waals surface area contributed by atoms with Gasteiger partial charge >= 0.3 is 0 Å². The Hall–Kier alpha value is -2.34. The number of carbonyl (C=O) groups is 2. The molecule has 1 aromatic carbocycles. The molecule has 1 atom stereocenters. The Morgan fingerprint density at radius 3 is 2.81 bits per heavy atom. The molecule has 1 aromatic heterocycles. The molecule has 0 radical (unpaired) electrons. The highest BCUT2D eigenvalue weighted by atomic mass is 16.2. The zero-order valence-electron chi connectivity index (χ0n) is 16.5. The highest BCUT2D eigenvalue weighted by Crippen LogP contribution is 2.27. The Bertz CT molecular complexity index is 855. The molecule has 146 valence electrons. The molecule has 1 aliphatic rings. The number of amides is 2. The van der Waals surface area contributed by atoms with Crippen LogP contribution in [0.25, 0.3) is 10.9 Å². The van der Waals surface area contributed by atoms with Gasteiger partial charge in [-0.1, -0.05) is 18.6 Å². The van der Waals surface area contributed by atoms with Gasteiger partial charge in [0, 0.05) is 24.2 Å². The summed E-state index contributed by atoms with van der Waals surface area (Å²) in [5.41, 5.74) is 11.3. The SMILES string of the molecule is CCc1[nH]c2c(CNC(=O)[C@@H]3CCCN(CC(N)=O)C3)cc(C)cc2c1C. The average Bonchev–Trinajstić information content (AvgIpc) is 2.95. The van der Waals surface area contributed by atoms with E-state index in [1.165, 1.54) is 22.2 Å². The van der Waals surface area contributed by atoms with Gasteiger partial charge in [0.2, 0.25) is 11.8 Å². The maximum atomic E-state index is 12.7. The molecule has 27 heavy (non-hydrogen) atoms. The zero-order chi connectivity index (χ0) is 19.6. The number of aryl methyl sites for hydroxylation is 3. The van der Waals surface area contributed by atoms with Crippen molar-refractivity contribution in [3.63, 3.8) is 0 Å². The van der Waals surface area contributed by atoms with Crippen molar-refractivity contribution < 1.29 is 9.59 Å². The number of benzene rings is 1. The molecule has 0 saturated carbocycles. The van der Waals surface area contributed by atoms with Crippen molar-refractivity contribution >= 4 is 22.7 Å². The van der Waals surface area contributed by atoms with Crippen molar-refractivity contribution in [3.8, 4) is 0 Å². The van der Waals surface area contributed by atoms with Gasteiger partial charge in [-0.3, -0.25) is 14.5 Å². The number of nitrogens with one attached hydrogen (secondary N) is 2. The number of carbonyl (C=O) groups excluding carboxylic acids is 2. The minimum Gasteiger partial charge on any atom is -0.369 e. The second-order valence-corrected chi connectivity index (χ2v) is 7.69. The molecule has 1 saturated heterocycles. The number of rotatable bonds is 6. The van der Waals surface area contributed by atoms with Gasteiger partial charge in [-0.05, 0) is 56.8 Å². The van der Waals surface area contributed by atoms with E-state index >= 15 is 0 Å². The van der Waals surface area contributed by atoms with Crippen LogP contribution in [0.4, 0.5) is 0 Å². The van der Waals surface area contributed by atoms with Crippen molar-refractivity contribution in [3.05, 3.63) is 34.5 Å². The molecule has 2 aromatic rings. The first-order valence-electron chi connectivity index (χ1n) is 9.78. The molecule has 4 N–H and O–H groups in total. The third-order valence-corrected chi connectivity index (χ3v) is 5.56. The first kappa shape index (κ1) is 19.4. The van der Waals surface area contributed by atoms with Gasteiger partial charge in [0.05, 0.1) is 18.0 Å². The first-order chi connectivity index (χ1) is 12.9. The van der Waals surface area contributed by atoms with E-state index in [9.17, 15) is 9.59 Å². The third-order valence-electron chi connectivity index (χ3n) is 5.56. The summed E-state index contributed by atoms with van der Waals surface area (Å²) < 4.78 is 0.